The van der Waals surface area contributed by atoms with Crippen molar-refractivity contribution >= 4 is 34.6 Å². The van der Waals surface area contributed by atoms with E-state index in [4.69, 9.17) is 28.6 Å². The van der Waals surface area contributed by atoms with E-state index in [1.165, 1.54) is 0 Å². The topological polar surface area (TPSA) is 24.5 Å². The van der Waals surface area contributed by atoms with Crippen LogP contribution in [0.25, 0.3) is 0 Å². The van der Waals surface area contributed by atoms with Crippen LogP contribution in [0.4, 0.5) is 5.69 Å². The Morgan fingerprint density at radius 3 is 3.00 bits per heavy atom. The fourth-order valence-electron chi connectivity index (χ4n) is 1.68. The molecule has 1 aromatic rings. The molecule has 0 unspecified atom stereocenters. The van der Waals surface area contributed by atoms with Gasteiger partial charge in [-0.1, -0.05) is 11.6 Å². The molecule has 0 saturated carbocycles. The molecule has 0 bridgehead atoms. The van der Waals surface area contributed by atoms with E-state index in [-0.39, 0.29) is 0 Å². The summed E-state index contributed by atoms with van der Waals surface area (Å²) in [5, 5.41) is 4.38. The van der Waals surface area contributed by atoms with Crippen molar-refractivity contribution < 1.29 is 4.74 Å². The third-order valence-corrected chi connectivity index (χ3v) is 3.39. The monoisotopic (exact) mass is 256 g/mol. The Morgan fingerprint density at radius 2 is 2.31 bits per heavy atom. The Balaban J connectivity index is 2.45. The summed E-state index contributed by atoms with van der Waals surface area (Å²) < 4.78 is 5.60. The summed E-state index contributed by atoms with van der Waals surface area (Å²) in [6.45, 7) is 3.34. The number of hydrogen-bond acceptors (Lipinski definition) is 2. The summed E-state index contributed by atoms with van der Waals surface area (Å²) >= 11 is 11.4. The van der Waals surface area contributed by atoms with Crippen molar-refractivity contribution in [2.75, 3.05) is 25.1 Å². The van der Waals surface area contributed by atoms with E-state index in [9.17, 15) is 0 Å². The Morgan fingerprint density at radius 1 is 1.56 bits per heavy atom. The summed E-state index contributed by atoms with van der Waals surface area (Å²) in [7, 11) is 1.81. The summed E-state index contributed by atoms with van der Waals surface area (Å²) in [6.07, 6.45) is 0. The smallest absolute Gasteiger partial charge is 0.173 e. The molecule has 16 heavy (non-hydrogen) atoms. The van der Waals surface area contributed by atoms with Crippen LogP contribution < -0.4 is 15.0 Å². The molecule has 1 aliphatic heterocycles. The number of nitrogens with zero attached hydrogens (tertiary/aromatic N) is 1. The van der Waals surface area contributed by atoms with Gasteiger partial charge < -0.3 is 15.0 Å². The fraction of sp³-hybridized carbons (Fsp3) is 0.364. The zero-order valence-corrected chi connectivity index (χ0v) is 10.8. The van der Waals surface area contributed by atoms with Gasteiger partial charge in [-0.25, -0.2) is 0 Å². The molecule has 0 saturated heterocycles. The highest BCUT2D eigenvalue weighted by molar-refractivity contribution is 7.80. The molecule has 1 aromatic carbocycles. The van der Waals surface area contributed by atoms with Gasteiger partial charge >= 0.3 is 0 Å². The molecule has 3 nitrogen and oxygen atoms in total. The average Bonchev–Trinajstić information content (AvgIpc) is 2.29. The molecular formula is C11H13ClN2OS. The number of aryl methyl sites for hydroxylation is 1. The van der Waals surface area contributed by atoms with Crippen molar-refractivity contribution in [1.29, 1.82) is 0 Å². The summed E-state index contributed by atoms with van der Waals surface area (Å²) in [6, 6.07) is 3.84. The van der Waals surface area contributed by atoms with Gasteiger partial charge in [-0.3, -0.25) is 0 Å². The van der Waals surface area contributed by atoms with Gasteiger partial charge in [0, 0.05) is 12.1 Å². The Hall–Kier alpha value is -1.00. The minimum Gasteiger partial charge on any atom is -0.490 e. The van der Waals surface area contributed by atoms with Crippen LogP contribution in [-0.2, 0) is 0 Å². The third kappa shape index (κ3) is 1.95. The van der Waals surface area contributed by atoms with E-state index < -0.39 is 0 Å². The van der Waals surface area contributed by atoms with Gasteiger partial charge in [0.15, 0.2) is 5.11 Å². The van der Waals surface area contributed by atoms with E-state index in [0.717, 1.165) is 28.6 Å². The average molecular weight is 257 g/mol. The lowest BCUT2D eigenvalue weighted by molar-refractivity contribution is 0.315. The first kappa shape index (κ1) is 11.5. The molecule has 0 aromatic heterocycles. The number of fused-ring (bicyclic) bond motifs is 1. The van der Waals surface area contributed by atoms with Gasteiger partial charge in [-0.15, -0.1) is 0 Å². The van der Waals surface area contributed by atoms with Crippen LogP contribution in [0, 0.1) is 6.92 Å². The summed E-state index contributed by atoms with van der Waals surface area (Å²) in [5.41, 5.74) is 1.94. The molecule has 2 rings (SSSR count). The van der Waals surface area contributed by atoms with Gasteiger partial charge in [0.2, 0.25) is 0 Å². The molecule has 0 spiro atoms. The zero-order valence-electron chi connectivity index (χ0n) is 9.21. The van der Waals surface area contributed by atoms with Crippen molar-refractivity contribution in [3.8, 4) is 5.75 Å². The SMILES string of the molecule is CNC(=S)N1CCOc2cc(C)c(Cl)cc21. The molecule has 0 amide bonds. The van der Waals surface area contributed by atoms with Gasteiger partial charge in [0.05, 0.1) is 12.2 Å². The predicted octanol–water partition coefficient (Wildman–Crippen LogP) is 2.35. The normalized spacial score (nSPS) is 14.1. The van der Waals surface area contributed by atoms with E-state index in [2.05, 4.69) is 5.32 Å². The standard InChI is InChI=1S/C11H13ClN2OS/c1-7-5-10-9(6-8(7)12)14(3-4-15-10)11(16)13-2/h5-6H,3-4H2,1-2H3,(H,13,16). The quantitative estimate of drug-likeness (QED) is 0.721. The summed E-state index contributed by atoms with van der Waals surface area (Å²) in [4.78, 5) is 2.00. The number of ether oxygens (including phenoxy) is 1. The lowest BCUT2D eigenvalue weighted by Crippen LogP contribution is -2.42. The van der Waals surface area contributed by atoms with Crippen LogP contribution in [0.3, 0.4) is 0 Å². The molecule has 5 heteroatoms. The second-order valence-corrected chi connectivity index (χ2v) is 4.42. The van der Waals surface area contributed by atoms with E-state index >= 15 is 0 Å². The maximum Gasteiger partial charge on any atom is 0.173 e. The van der Waals surface area contributed by atoms with Crippen LogP contribution in [0.5, 0.6) is 5.75 Å². The number of anilines is 1. The number of thiocarbonyl (C=S) groups is 1. The number of nitrogens with one attached hydrogen (secondary N) is 1. The highest BCUT2D eigenvalue weighted by atomic mass is 35.5. The van der Waals surface area contributed by atoms with Crippen molar-refractivity contribution in [2.24, 2.45) is 0 Å². The lowest BCUT2D eigenvalue weighted by Gasteiger charge is -2.31. The number of benzene rings is 1. The lowest BCUT2D eigenvalue weighted by atomic mass is 10.1. The van der Waals surface area contributed by atoms with Crippen LogP contribution >= 0.6 is 23.8 Å². The molecule has 1 heterocycles. The summed E-state index contributed by atoms with van der Waals surface area (Å²) in [5.74, 6) is 0.839. The molecule has 0 aliphatic carbocycles. The molecule has 1 aliphatic rings. The minimum atomic E-state index is 0.635. The molecule has 0 atom stereocenters. The number of halogens is 1. The highest BCUT2D eigenvalue weighted by Gasteiger charge is 2.21. The van der Waals surface area contributed by atoms with Crippen LogP contribution in [0.2, 0.25) is 5.02 Å². The Bertz CT molecular complexity index is 436. The maximum absolute atomic E-state index is 6.11. The van der Waals surface area contributed by atoms with Crippen molar-refractivity contribution in [3.63, 3.8) is 0 Å². The molecule has 86 valence electrons. The van der Waals surface area contributed by atoms with Gasteiger partial charge in [0.1, 0.15) is 12.4 Å². The second kappa shape index (κ2) is 4.47. The van der Waals surface area contributed by atoms with Gasteiger partial charge in [-0.05, 0) is 36.8 Å². The first-order chi connectivity index (χ1) is 7.63. The van der Waals surface area contributed by atoms with E-state index in [1.54, 1.807) is 0 Å². The molecule has 0 radical (unpaired) electrons. The third-order valence-electron chi connectivity index (χ3n) is 2.56. The fourth-order valence-corrected chi connectivity index (χ4v) is 2.03. The van der Waals surface area contributed by atoms with E-state index in [1.807, 2.05) is 31.0 Å². The first-order valence-corrected chi connectivity index (χ1v) is 5.84. The van der Waals surface area contributed by atoms with E-state index in [0.29, 0.717) is 11.7 Å². The highest BCUT2D eigenvalue weighted by Crippen LogP contribution is 2.36. The van der Waals surface area contributed by atoms with Crippen LogP contribution in [0.1, 0.15) is 5.56 Å². The second-order valence-electron chi connectivity index (χ2n) is 3.62. The molecule has 0 fully saturated rings. The van der Waals surface area contributed by atoms with Gasteiger partial charge in [-0.2, -0.15) is 0 Å². The Labute approximate surface area is 105 Å². The predicted molar refractivity (Wildman–Crippen MR) is 70.7 cm³/mol. The van der Waals surface area contributed by atoms with Crippen molar-refractivity contribution in [2.45, 2.75) is 6.92 Å². The Kier molecular flexibility index (Phi) is 3.21. The molecule has 1 N–H and O–H groups in total. The maximum atomic E-state index is 6.11. The van der Waals surface area contributed by atoms with Gasteiger partial charge in [0.25, 0.3) is 0 Å². The molecular weight excluding hydrogens is 244 g/mol. The van der Waals surface area contributed by atoms with Crippen molar-refractivity contribution in [3.05, 3.63) is 22.7 Å². The minimum absolute atomic E-state index is 0.635. The largest absolute Gasteiger partial charge is 0.490 e. The van der Waals surface area contributed by atoms with Crippen LogP contribution in [0.15, 0.2) is 12.1 Å². The first-order valence-electron chi connectivity index (χ1n) is 5.05. The number of rotatable bonds is 0. The van der Waals surface area contributed by atoms with Crippen LogP contribution in [-0.4, -0.2) is 25.3 Å². The number of hydrogen-bond donors (Lipinski definition) is 1. The van der Waals surface area contributed by atoms with Crippen molar-refractivity contribution in [1.82, 2.24) is 5.32 Å². The zero-order chi connectivity index (χ0) is 11.7.